The molecular weight excluding hydrogens is 441 g/mol. The molecule has 162 valence electrons. The molecule has 0 atom stereocenters. The van der Waals surface area contributed by atoms with Crippen LogP contribution < -0.4 is 4.74 Å². The van der Waals surface area contributed by atoms with Crippen LogP contribution in [0, 0.1) is 6.92 Å². The summed E-state index contributed by atoms with van der Waals surface area (Å²) in [5, 5.41) is 1.32. The number of carbonyl (C=O) groups excluding carboxylic acids is 3. The highest BCUT2D eigenvalue weighted by molar-refractivity contribution is 6.42. The number of hydrogen-bond acceptors (Lipinski definition) is 5. The Morgan fingerprint density at radius 2 is 1.77 bits per heavy atom. The number of halogens is 2. The highest BCUT2D eigenvalue weighted by Crippen LogP contribution is 2.32. The highest BCUT2D eigenvalue weighted by Gasteiger charge is 2.23. The number of aromatic nitrogens is 1. The molecule has 0 aliphatic rings. The summed E-state index contributed by atoms with van der Waals surface area (Å²) in [5.41, 5.74) is 2.22. The van der Waals surface area contributed by atoms with Gasteiger partial charge >= 0.3 is 5.97 Å². The molecule has 0 aliphatic carbocycles. The van der Waals surface area contributed by atoms with Crippen molar-refractivity contribution in [1.29, 1.82) is 0 Å². The lowest BCUT2D eigenvalue weighted by molar-refractivity contribution is -0.145. The molecule has 0 bridgehead atoms. The van der Waals surface area contributed by atoms with Gasteiger partial charge in [0.15, 0.2) is 0 Å². The first kappa shape index (κ1) is 22.8. The van der Waals surface area contributed by atoms with Crippen LogP contribution in [0.15, 0.2) is 36.4 Å². The molecule has 31 heavy (non-hydrogen) atoms. The zero-order valence-corrected chi connectivity index (χ0v) is 18.8. The number of nitrogens with zero attached hydrogens (tertiary/aromatic N) is 1. The molecule has 0 unspecified atom stereocenters. The largest absolute Gasteiger partial charge is 0.497 e. The predicted octanol–water partition coefficient (Wildman–Crippen LogP) is 5.02. The maximum Gasteiger partial charge on any atom is 0.313 e. The number of ketones is 1. The number of rotatable bonds is 7. The second-order valence-corrected chi connectivity index (χ2v) is 7.73. The van der Waals surface area contributed by atoms with Crippen LogP contribution in [0.3, 0.4) is 0 Å². The van der Waals surface area contributed by atoms with Crippen molar-refractivity contribution in [2.75, 3.05) is 13.7 Å². The molecular formula is C23H21Cl2NO5. The summed E-state index contributed by atoms with van der Waals surface area (Å²) in [6.45, 7) is 3.65. The molecule has 0 amide bonds. The van der Waals surface area contributed by atoms with Crippen LogP contribution in [0.2, 0.25) is 10.0 Å². The average molecular weight is 462 g/mol. The van der Waals surface area contributed by atoms with Gasteiger partial charge in [-0.15, -0.1) is 0 Å². The lowest BCUT2D eigenvalue weighted by atomic mass is 10.0. The third-order valence-electron chi connectivity index (χ3n) is 4.93. The van der Waals surface area contributed by atoms with Gasteiger partial charge in [-0.3, -0.25) is 19.0 Å². The van der Waals surface area contributed by atoms with Crippen LogP contribution in [-0.2, 0) is 20.7 Å². The first-order valence-corrected chi connectivity index (χ1v) is 10.4. The van der Waals surface area contributed by atoms with Gasteiger partial charge < -0.3 is 9.47 Å². The van der Waals surface area contributed by atoms with E-state index < -0.39 is 5.97 Å². The van der Waals surface area contributed by atoms with E-state index in [4.69, 9.17) is 32.7 Å². The Morgan fingerprint density at radius 3 is 2.42 bits per heavy atom. The first-order valence-electron chi connectivity index (χ1n) is 9.61. The van der Waals surface area contributed by atoms with E-state index in [1.54, 1.807) is 44.2 Å². The lowest BCUT2D eigenvalue weighted by Gasteiger charge is -2.09. The van der Waals surface area contributed by atoms with E-state index in [-0.39, 0.29) is 36.2 Å². The van der Waals surface area contributed by atoms with E-state index in [0.29, 0.717) is 38.5 Å². The lowest BCUT2D eigenvalue weighted by Crippen LogP contribution is -2.15. The van der Waals surface area contributed by atoms with Gasteiger partial charge in [0.2, 0.25) is 0 Å². The van der Waals surface area contributed by atoms with Crippen molar-refractivity contribution in [1.82, 2.24) is 4.57 Å². The van der Waals surface area contributed by atoms with E-state index >= 15 is 0 Å². The second kappa shape index (κ2) is 9.54. The standard InChI is InChI=1S/C23H21Cl2NO5/c1-4-31-22(28)11-15(27)10-17-13(2)26(21-8-6-16(30-3)12-18(17)21)23(29)14-5-7-19(24)20(25)9-14/h5-9,12H,4,10-11H2,1-3H3. The average Bonchev–Trinajstić information content (AvgIpc) is 3.00. The fourth-order valence-electron chi connectivity index (χ4n) is 3.47. The third-order valence-corrected chi connectivity index (χ3v) is 5.67. The molecule has 6 nitrogen and oxygen atoms in total. The minimum atomic E-state index is -0.571. The first-order chi connectivity index (χ1) is 14.8. The number of fused-ring (bicyclic) bond motifs is 1. The summed E-state index contributed by atoms with van der Waals surface area (Å²) in [5.74, 6) is -0.593. The number of hydrogen-bond donors (Lipinski definition) is 0. The Hall–Kier alpha value is -2.83. The van der Waals surface area contributed by atoms with Gasteiger partial charge in [-0.1, -0.05) is 23.2 Å². The van der Waals surface area contributed by atoms with Crippen molar-refractivity contribution in [3.63, 3.8) is 0 Å². The van der Waals surface area contributed by atoms with Crippen molar-refractivity contribution < 1.29 is 23.9 Å². The smallest absolute Gasteiger partial charge is 0.313 e. The summed E-state index contributed by atoms with van der Waals surface area (Å²) < 4.78 is 11.7. The monoisotopic (exact) mass is 461 g/mol. The molecule has 8 heteroatoms. The Balaban J connectivity index is 2.09. The van der Waals surface area contributed by atoms with Gasteiger partial charge in [-0.2, -0.15) is 0 Å². The minimum Gasteiger partial charge on any atom is -0.497 e. The summed E-state index contributed by atoms with van der Waals surface area (Å²) in [4.78, 5) is 37.6. The molecule has 0 saturated carbocycles. The van der Waals surface area contributed by atoms with E-state index in [2.05, 4.69) is 0 Å². The molecule has 0 fully saturated rings. The zero-order valence-electron chi connectivity index (χ0n) is 17.3. The van der Waals surface area contributed by atoms with Crippen molar-refractivity contribution in [3.05, 3.63) is 63.3 Å². The summed E-state index contributed by atoms with van der Waals surface area (Å²) in [6, 6.07) is 9.93. The number of ether oxygens (including phenoxy) is 2. The van der Waals surface area contributed by atoms with Gasteiger partial charge in [-0.25, -0.2) is 0 Å². The van der Waals surface area contributed by atoms with Gasteiger partial charge in [0.25, 0.3) is 5.91 Å². The normalized spacial score (nSPS) is 10.9. The topological polar surface area (TPSA) is 74.6 Å². The molecule has 2 aromatic carbocycles. The Kier molecular flexibility index (Phi) is 7.03. The van der Waals surface area contributed by atoms with Gasteiger partial charge in [0.05, 0.1) is 29.3 Å². The maximum atomic E-state index is 13.3. The number of carbonyl (C=O) groups is 3. The molecule has 1 aromatic heterocycles. The van der Waals surface area contributed by atoms with Crippen LogP contribution in [0.1, 0.15) is 35.0 Å². The van der Waals surface area contributed by atoms with Crippen LogP contribution in [0.25, 0.3) is 10.9 Å². The quantitative estimate of drug-likeness (QED) is 0.364. The molecule has 0 spiro atoms. The molecule has 0 radical (unpaired) electrons. The van der Waals surface area contributed by atoms with Crippen LogP contribution in [0.5, 0.6) is 5.75 Å². The summed E-state index contributed by atoms with van der Waals surface area (Å²) >= 11 is 12.1. The number of benzene rings is 2. The van der Waals surface area contributed by atoms with Crippen molar-refractivity contribution in [2.45, 2.75) is 26.7 Å². The Bertz CT molecular complexity index is 1180. The van der Waals surface area contributed by atoms with Crippen LogP contribution in [-0.4, -0.2) is 35.9 Å². The predicted molar refractivity (Wildman–Crippen MR) is 119 cm³/mol. The van der Waals surface area contributed by atoms with Crippen LogP contribution >= 0.6 is 23.2 Å². The number of methoxy groups -OCH3 is 1. The fourth-order valence-corrected chi connectivity index (χ4v) is 3.76. The number of Topliss-reactive ketones (excluding diaryl/α,β-unsaturated/α-hetero) is 1. The Morgan fingerprint density at radius 1 is 1.03 bits per heavy atom. The van der Waals surface area contributed by atoms with E-state index in [0.717, 1.165) is 0 Å². The van der Waals surface area contributed by atoms with Gasteiger partial charge in [0.1, 0.15) is 18.0 Å². The molecule has 0 N–H and O–H groups in total. The van der Waals surface area contributed by atoms with E-state index in [9.17, 15) is 14.4 Å². The molecule has 3 rings (SSSR count). The van der Waals surface area contributed by atoms with Crippen molar-refractivity contribution in [2.24, 2.45) is 0 Å². The molecule has 1 heterocycles. The highest BCUT2D eigenvalue weighted by atomic mass is 35.5. The summed E-state index contributed by atoms with van der Waals surface area (Å²) in [7, 11) is 1.54. The summed E-state index contributed by atoms with van der Waals surface area (Å²) in [6.07, 6.45) is -0.347. The molecule has 0 aliphatic heterocycles. The molecule has 0 saturated heterocycles. The second-order valence-electron chi connectivity index (χ2n) is 6.91. The van der Waals surface area contributed by atoms with Crippen LogP contribution in [0.4, 0.5) is 0 Å². The minimum absolute atomic E-state index is 0.0179. The fraction of sp³-hybridized carbons (Fsp3) is 0.261. The third kappa shape index (κ3) is 4.75. The molecule has 3 aromatic rings. The zero-order chi connectivity index (χ0) is 22.7. The number of esters is 1. The SMILES string of the molecule is CCOC(=O)CC(=O)Cc1c(C)n(C(=O)c2ccc(Cl)c(Cl)c2)c2ccc(OC)cc12. The van der Waals surface area contributed by atoms with E-state index in [1.165, 1.54) is 17.7 Å². The van der Waals surface area contributed by atoms with Crippen molar-refractivity contribution in [3.8, 4) is 5.75 Å². The Labute approximate surface area is 189 Å². The van der Waals surface area contributed by atoms with E-state index in [1.807, 2.05) is 0 Å². The van der Waals surface area contributed by atoms with Gasteiger partial charge in [0, 0.05) is 23.1 Å². The van der Waals surface area contributed by atoms with Crippen molar-refractivity contribution >= 4 is 51.8 Å². The maximum absolute atomic E-state index is 13.3. The van der Waals surface area contributed by atoms with Gasteiger partial charge in [-0.05, 0) is 55.8 Å².